The Hall–Kier alpha value is -3.11. The van der Waals surface area contributed by atoms with E-state index < -0.39 is 22.1 Å². The quantitative estimate of drug-likeness (QED) is 0.367. The van der Waals surface area contributed by atoms with Crippen LogP contribution in [0.5, 0.6) is 5.75 Å². The van der Waals surface area contributed by atoms with Crippen LogP contribution in [0.4, 0.5) is 14.5 Å². The number of ether oxygens (including phenoxy) is 1. The number of carbonyl (C=O) groups is 1. The number of aromatic carboxylic acids is 1. The average Bonchev–Trinajstić information content (AvgIpc) is 2.72. The molecule has 0 unspecified atom stereocenters. The smallest absolute Gasteiger partial charge is 0.394 e. The number of carboxylic acid groups (broad SMARTS) is 1. The zero-order valence-corrected chi connectivity index (χ0v) is 19.3. The summed E-state index contributed by atoms with van der Waals surface area (Å²) in [6, 6.07) is 17.0. The highest BCUT2D eigenvalue weighted by atomic mass is 32.2. The standard InChI is InChI=1S/C23H21F2NO5S2/c1-15-6-11-20(13-21(15)22(27)28)33(29,30)26-17-7-9-19(10-8-17)32-14-16-4-3-5-18(12-16)31-23(2,24)25/h3-13,26H,14H2,1-2H3,(H,27,28). The Bertz CT molecular complexity index is 1260. The number of anilines is 1. The minimum atomic E-state index is -3.97. The molecule has 0 aromatic heterocycles. The Morgan fingerprint density at radius 3 is 2.42 bits per heavy atom. The summed E-state index contributed by atoms with van der Waals surface area (Å²) in [6.45, 7) is 2.26. The van der Waals surface area contributed by atoms with E-state index in [4.69, 9.17) is 0 Å². The van der Waals surface area contributed by atoms with E-state index in [9.17, 15) is 27.1 Å². The second-order valence-corrected chi connectivity index (χ2v) is 9.99. The molecular weight excluding hydrogens is 472 g/mol. The van der Waals surface area contributed by atoms with Gasteiger partial charge in [0, 0.05) is 23.3 Å². The van der Waals surface area contributed by atoms with E-state index in [1.165, 1.54) is 30.0 Å². The number of nitrogens with one attached hydrogen (secondary N) is 1. The van der Waals surface area contributed by atoms with Crippen molar-refractivity contribution in [2.24, 2.45) is 0 Å². The van der Waals surface area contributed by atoms with E-state index in [1.807, 2.05) is 0 Å². The Morgan fingerprint density at radius 1 is 1.09 bits per heavy atom. The molecule has 174 valence electrons. The molecule has 0 radical (unpaired) electrons. The molecular formula is C23H21F2NO5S2. The Balaban J connectivity index is 1.66. The molecule has 0 saturated heterocycles. The Morgan fingerprint density at radius 2 is 1.79 bits per heavy atom. The first kappa shape index (κ1) is 24.5. The number of aryl methyl sites for hydroxylation is 1. The van der Waals surface area contributed by atoms with Gasteiger partial charge in [0.1, 0.15) is 5.75 Å². The third kappa shape index (κ3) is 6.93. The first-order chi connectivity index (χ1) is 15.4. The van der Waals surface area contributed by atoms with Gasteiger partial charge in [-0.25, -0.2) is 13.2 Å². The van der Waals surface area contributed by atoms with Crippen LogP contribution in [0.25, 0.3) is 0 Å². The van der Waals surface area contributed by atoms with E-state index in [-0.39, 0.29) is 16.2 Å². The molecule has 3 aromatic carbocycles. The lowest BCUT2D eigenvalue weighted by Crippen LogP contribution is -2.19. The summed E-state index contributed by atoms with van der Waals surface area (Å²) < 4.78 is 58.3. The maximum atomic E-state index is 13.0. The average molecular weight is 494 g/mol. The molecule has 2 N–H and O–H groups in total. The zero-order valence-electron chi connectivity index (χ0n) is 17.7. The van der Waals surface area contributed by atoms with E-state index >= 15 is 0 Å². The third-order valence-corrected chi connectivity index (χ3v) is 6.92. The summed E-state index contributed by atoms with van der Waals surface area (Å²) in [5.41, 5.74) is 1.49. The topological polar surface area (TPSA) is 92.7 Å². The van der Waals surface area contributed by atoms with Crippen LogP contribution in [0.2, 0.25) is 0 Å². The molecule has 3 rings (SSSR count). The van der Waals surface area contributed by atoms with Gasteiger partial charge in [0.2, 0.25) is 0 Å². The molecule has 0 spiro atoms. The first-order valence-corrected chi connectivity index (χ1v) is 12.2. The molecule has 0 heterocycles. The summed E-state index contributed by atoms with van der Waals surface area (Å²) >= 11 is 1.44. The number of sulfonamides is 1. The summed E-state index contributed by atoms with van der Waals surface area (Å²) in [4.78, 5) is 12.0. The predicted molar refractivity (Wildman–Crippen MR) is 123 cm³/mol. The van der Waals surface area contributed by atoms with Gasteiger partial charge in [-0.05, 0) is 66.6 Å². The van der Waals surface area contributed by atoms with Crippen molar-refractivity contribution in [1.29, 1.82) is 0 Å². The third-order valence-electron chi connectivity index (χ3n) is 4.46. The predicted octanol–water partition coefficient (Wildman–Crippen LogP) is 5.78. The number of alkyl halides is 2. The molecule has 0 aliphatic heterocycles. The van der Waals surface area contributed by atoms with Crippen molar-refractivity contribution in [2.75, 3.05) is 4.72 Å². The normalized spacial score (nSPS) is 11.8. The van der Waals surface area contributed by atoms with E-state index in [0.29, 0.717) is 23.9 Å². The molecule has 3 aromatic rings. The Kier molecular flexibility index (Phi) is 7.28. The highest BCUT2D eigenvalue weighted by molar-refractivity contribution is 7.98. The fourth-order valence-electron chi connectivity index (χ4n) is 2.90. The maximum Gasteiger partial charge on any atom is 0.394 e. The monoisotopic (exact) mass is 493 g/mol. The SMILES string of the molecule is Cc1ccc(S(=O)(=O)Nc2ccc(SCc3cccc(OC(C)(F)F)c3)cc2)cc1C(=O)O. The van der Waals surface area contributed by atoms with Gasteiger partial charge in [-0.2, -0.15) is 8.78 Å². The molecule has 0 amide bonds. The van der Waals surface area contributed by atoms with Gasteiger partial charge >= 0.3 is 12.1 Å². The van der Waals surface area contributed by atoms with Crippen molar-refractivity contribution in [3.8, 4) is 5.75 Å². The van der Waals surface area contributed by atoms with Crippen LogP contribution in [-0.4, -0.2) is 25.6 Å². The van der Waals surface area contributed by atoms with Crippen molar-refractivity contribution < 1.29 is 31.8 Å². The van der Waals surface area contributed by atoms with Crippen LogP contribution in [-0.2, 0) is 15.8 Å². The van der Waals surface area contributed by atoms with Crippen molar-refractivity contribution in [2.45, 2.75) is 35.5 Å². The highest BCUT2D eigenvalue weighted by Crippen LogP contribution is 2.28. The lowest BCUT2D eigenvalue weighted by atomic mass is 10.1. The lowest BCUT2D eigenvalue weighted by Gasteiger charge is -2.13. The van der Waals surface area contributed by atoms with Gasteiger partial charge in [0.25, 0.3) is 10.0 Å². The van der Waals surface area contributed by atoms with Crippen LogP contribution in [0.1, 0.15) is 28.4 Å². The van der Waals surface area contributed by atoms with Crippen molar-refractivity contribution in [3.05, 3.63) is 83.4 Å². The second kappa shape index (κ2) is 9.80. The van der Waals surface area contributed by atoms with E-state index in [1.54, 1.807) is 49.4 Å². The Labute approximate surface area is 194 Å². The largest absolute Gasteiger partial charge is 0.478 e. The van der Waals surface area contributed by atoms with Crippen LogP contribution >= 0.6 is 11.8 Å². The summed E-state index contributed by atoms with van der Waals surface area (Å²) in [5.74, 6) is -0.627. The molecule has 0 aliphatic rings. The summed E-state index contributed by atoms with van der Waals surface area (Å²) in [7, 11) is -3.97. The minimum Gasteiger partial charge on any atom is -0.478 e. The second-order valence-electron chi connectivity index (χ2n) is 7.26. The number of halogens is 2. The van der Waals surface area contributed by atoms with Crippen LogP contribution in [0.15, 0.2) is 76.5 Å². The number of benzene rings is 3. The van der Waals surface area contributed by atoms with Gasteiger partial charge in [0.05, 0.1) is 10.5 Å². The van der Waals surface area contributed by atoms with E-state index in [2.05, 4.69) is 9.46 Å². The fraction of sp³-hybridized carbons (Fsp3) is 0.174. The van der Waals surface area contributed by atoms with Gasteiger partial charge in [-0.3, -0.25) is 4.72 Å². The minimum absolute atomic E-state index is 0.0764. The van der Waals surface area contributed by atoms with Crippen molar-refractivity contribution in [3.63, 3.8) is 0 Å². The number of carboxylic acids is 1. The van der Waals surface area contributed by atoms with Crippen LogP contribution < -0.4 is 9.46 Å². The molecule has 33 heavy (non-hydrogen) atoms. The van der Waals surface area contributed by atoms with Crippen molar-refractivity contribution in [1.82, 2.24) is 0 Å². The summed E-state index contributed by atoms with van der Waals surface area (Å²) in [6.07, 6.45) is -3.26. The molecule has 0 fully saturated rings. The van der Waals surface area contributed by atoms with Gasteiger partial charge in [-0.15, -0.1) is 11.8 Å². The molecule has 0 bridgehead atoms. The fourth-order valence-corrected chi connectivity index (χ4v) is 4.83. The maximum absolute atomic E-state index is 13.0. The highest BCUT2D eigenvalue weighted by Gasteiger charge is 2.23. The van der Waals surface area contributed by atoms with Crippen molar-refractivity contribution >= 4 is 33.4 Å². The zero-order chi connectivity index (χ0) is 24.2. The summed E-state index contributed by atoms with van der Waals surface area (Å²) in [5, 5.41) is 9.22. The molecule has 0 saturated carbocycles. The van der Waals surface area contributed by atoms with Gasteiger partial charge in [-0.1, -0.05) is 18.2 Å². The number of thioether (sulfide) groups is 1. The number of hydrogen-bond donors (Lipinski definition) is 2. The van der Waals surface area contributed by atoms with Crippen LogP contribution in [0.3, 0.4) is 0 Å². The molecule has 0 aliphatic carbocycles. The number of hydrogen-bond acceptors (Lipinski definition) is 5. The lowest BCUT2D eigenvalue weighted by molar-refractivity contribution is -0.158. The molecule has 0 atom stereocenters. The number of rotatable bonds is 9. The van der Waals surface area contributed by atoms with Gasteiger partial charge < -0.3 is 9.84 Å². The van der Waals surface area contributed by atoms with Crippen LogP contribution in [0, 0.1) is 6.92 Å². The molecule has 10 heteroatoms. The van der Waals surface area contributed by atoms with E-state index in [0.717, 1.165) is 16.5 Å². The first-order valence-electron chi connectivity index (χ1n) is 9.68. The van der Waals surface area contributed by atoms with Gasteiger partial charge in [0.15, 0.2) is 0 Å². The molecule has 6 nitrogen and oxygen atoms in total.